The van der Waals surface area contributed by atoms with Gasteiger partial charge in [0.25, 0.3) is 0 Å². The predicted octanol–water partition coefficient (Wildman–Crippen LogP) is 3.36. The molecule has 17 heavy (non-hydrogen) atoms. The third-order valence-electron chi connectivity index (χ3n) is 4.71. The minimum absolute atomic E-state index is 0.496. The molecule has 0 aromatic rings. The second-order valence-corrected chi connectivity index (χ2v) is 5.84. The lowest BCUT2D eigenvalue weighted by molar-refractivity contribution is 0.0438. The molecule has 0 bridgehead atoms. The van der Waals surface area contributed by atoms with Gasteiger partial charge in [-0.2, -0.15) is 0 Å². The van der Waals surface area contributed by atoms with Gasteiger partial charge in [-0.05, 0) is 44.1 Å². The van der Waals surface area contributed by atoms with Crippen LogP contribution in [0.1, 0.15) is 58.8 Å². The Bertz CT molecular complexity index is 213. The Balaban J connectivity index is 1.93. The summed E-state index contributed by atoms with van der Waals surface area (Å²) in [6.07, 6.45) is 10.1. The van der Waals surface area contributed by atoms with Gasteiger partial charge in [-0.25, -0.2) is 0 Å². The van der Waals surface area contributed by atoms with E-state index in [-0.39, 0.29) is 0 Å². The van der Waals surface area contributed by atoms with E-state index in [1.54, 1.807) is 0 Å². The van der Waals surface area contributed by atoms with E-state index < -0.39 is 0 Å². The molecule has 2 heteroatoms. The average Bonchev–Trinajstić information content (AvgIpc) is 2.89. The van der Waals surface area contributed by atoms with E-state index in [2.05, 4.69) is 19.2 Å². The van der Waals surface area contributed by atoms with Crippen molar-refractivity contribution in [3.63, 3.8) is 0 Å². The van der Waals surface area contributed by atoms with E-state index in [9.17, 15) is 0 Å². The highest BCUT2D eigenvalue weighted by Crippen LogP contribution is 2.35. The maximum Gasteiger partial charge on any atom is 0.0731 e. The lowest BCUT2D eigenvalue weighted by Gasteiger charge is -2.37. The van der Waals surface area contributed by atoms with Crippen LogP contribution in [0.15, 0.2) is 0 Å². The van der Waals surface area contributed by atoms with Gasteiger partial charge >= 0.3 is 0 Å². The number of hydrogen-bond acceptors (Lipinski definition) is 2. The van der Waals surface area contributed by atoms with Gasteiger partial charge in [0.1, 0.15) is 0 Å². The van der Waals surface area contributed by atoms with Crippen molar-refractivity contribution in [2.45, 2.75) is 70.9 Å². The van der Waals surface area contributed by atoms with Crippen LogP contribution in [-0.2, 0) is 4.74 Å². The normalized spacial score (nSPS) is 36.0. The number of hydrogen-bond donors (Lipinski definition) is 1. The van der Waals surface area contributed by atoms with Crippen molar-refractivity contribution in [1.29, 1.82) is 0 Å². The zero-order valence-electron chi connectivity index (χ0n) is 11.6. The van der Waals surface area contributed by atoms with Gasteiger partial charge in [0, 0.05) is 12.6 Å². The second kappa shape index (κ2) is 6.75. The molecule has 1 aliphatic carbocycles. The highest BCUT2D eigenvalue weighted by atomic mass is 16.5. The van der Waals surface area contributed by atoms with E-state index in [0.29, 0.717) is 12.1 Å². The molecule has 0 aromatic carbocycles. The van der Waals surface area contributed by atoms with E-state index in [0.717, 1.165) is 25.0 Å². The van der Waals surface area contributed by atoms with Crippen LogP contribution >= 0.6 is 0 Å². The molecule has 100 valence electrons. The van der Waals surface area contributed by atoms with Crippen LogP contribution in [0.5, 0.6) is 0 Å². The van der Waals surface area contributed by atoms with Gasteiger partial charge in [-0.15, -0.1) is 0 Å². The van der Waals surface area contributed by atoms with Gasteiger partial charge in [0.2, 0.25) is 0 Å². The Morgan fingerprint density at radius 3 is 2.71 bits per heavy atom. The van der Waals surface area contributed by atoms with Crippen molar-refractivity contribution < 1.29 is 4.74 Å². The molecule has 2 fully saturated rings. The Morgan fingerprint density at radius 2 is 2.06 bits per heavy atom. The summed E-state index contributed by atoms with van der Waals surface area (Å²) in [5, 5.41) is 3.71. The van der Waals surface area contributed by atoms with Crippen molar-refractivity contribution in [3.8, 4) is 0 Å². The minimum Gasteiger partial charge on any atom is -0.377 e. The Morgan fingerprint density at radius 1 is 1.18 bits per heavy atom. The smallest absolute Gasteiger partial charge is 0.0731 e. The standard InChI is InChI=1S/C15H29NO/c1-3-12-7-5-8-13(11-12)15(16-4-2)14-9-6-10-17-14/h12-16H,3-11H2,1-2H3. The summed E-state index contributed by atoms with van der Waals surface area (Å²) in [6, 6.07) is 0.622. The van der Waals surface area contributed by atoms with Crippen molar-refractivity contribution in [2.24, 2.45) is 11.8 Å². The van der Waals surface area contributed by atoms with Gasteiger partial charge in [0.05, 0.1) is 6.10 Å². The summed E-state index contributed by atoms with van der Waals surface area (Å²) in [5.74, 6) is 1.83. The van der Waals surface area contributed by atoms with E-state index >= 15 is 0 Å². The monoisotopic (exact) mass is 239 g/mol. The molecule has 2 nitrogen and oxygen atoms in total. The first kappa shape index (κ1) is 13.4. The lowest BCUT2D eigenvalue weighted by Crippen LogP contribution is -2.46. The zero-order valence-corrected chi connectivity index (χ0v) is 11.6. The fraction of sp³-hybridized carbons (Fsp3) is 1.00. The minimum atomic E-state index is 0.496. The average molecular weight is 239 g/mol. The summed E-state index contributed by atoms with van der Waals surface area (Å²) in [4.78, 5) is 0. The molecular weight excluding hydrogens is 210 g/mol. The van der Waals surface area contributed by atoms with E-state index in [1.165, 1.54) is 44.9 Å². The van der Waals surface area contributed by atoms with Crippen LogP contribution in [0, 0.1) is 11.8 Å². The third kappa shape index (κ3) is 3.45. The van der Waals surface area contributed by atoms with Crippen molar-refractivity contribution >= 4 is 0 Å². The molecule has 2 aliphatic rings. The molecule has 2 rings (SSSR count). The van der Waals surface area contributed by atoms with Crippen LogP contribution in [0.4, 0.5) is 0 Å². The van der Waals surface area contributed by atoms with Gasteiger partial charge in [-0.1, -0.05) is 33.1 Å². The fourth-order valence-electron chi connectivity index (χ4n) is 3.75. The quantitative estimate of drug-likeness (QED) is 0.794. The van der Waals surface area contributed by atoms with Crippen molar-refractivity contribution in [3.05, 3.63) is 0 Å². The van der Waals surface area contributed by atoms with Crippen molar-refractivity contribution in [1.82, 2.24) is 5.32 Å². The van der Waals surface area contributed by atoms with E-state index in [4.69, 9.17) is 4.74 Å². The molecule has 1 saturated heterocycles. The summed E-state index contributed by atoms with van der Waals surface area (Å²) in [6.45, 7) is 6.64. The molecule has 1 saturated carbocycles. The summed E-state index contributed by atoms with van der Waals surface area (Å²) >= 11 is 0. The summed E-state index contributed by atoms with van der Waals surface area (Å²) in [7, 11) is 0. The first-order valence-corrected chi connectivity index (χ1v) is 7.70. The summed E-state index contributed by atoms with van der Waals surface area (Å²) < 4.78 is 5.93. The van der Waals surface area contributed by atoms with Gasteiger partial charge in [0.15, 0.2) is 0 Å². The molecule has 1 N–H and O–H groups in total. The predicted molar refractivity (Wildman–Crippen MR) is 72.2 cm³/mol. The number of ether oxygens (including phenoxy) is 1. The van der Waals surface area contributed by atoms with Crippen LogP contribution in [0.2, 0.25) is 0 Å². The first-order valence-electron chi connectivity index (χ1n) is 7.70. The number of rotatable bonds is 5. The highest BCUT2D eigenvalue weighted by molar-refractivity contribution is 4.89. The molecule has 1 heterocycles. The molecule has 0 amide bonds. The molecule has 0 spiro atoms. The topological polar surface area (TPSA) is 21.3 Å². The highest BCUT2D eigenvalue weighted by Gasteiger charge is 2.34. The molecule has 1 aliphatic heterocycles. The maximum absolute atomic E-state index is 5.93. The molecule has 4 unspecified atom stereocenters. The van der Waals surface area contributed by atoms with Crippen LogP contribution in [0.25, 0.3) is 0 Å². The van der Waals surface area contributed by atoms with Crippen LogP contribution in [-0.4, -0.2) is 25.3 Å². The molecule has 0 aromatic heterocycles. The van der Waals surface area contributed by atoms with Gasteiger partial charge in [-0.3, -0.25) is 0 Å². The van der Waals surface area contributed by atoms with Crippen molar-refractivity contribution in [2.75, 3.05) is 13.2 Å². The number of nitrogens with one attached hydrogen (secondary N) is 1. The van der Waals surface area contributed by atoms with Gasteiger partial charge < -0.3 is 10.1 Å². The van der Waals surface area contributed by atoms with Crippen LogP contribution < -0.4 is 5.32 Å². The second-order valence-electron chi connectivity index (χ2n) is 5.84. The molecule has 4 atom stereocenters. The third-order valence-corrected chi connectivity index (χ3v) is 4.71. The van der Waals surface area contributed by atoms with Crippen LogP contribution in [0.3, 0.4) is 0 Å². The lowest BCUT2D eigenvalue weighted by atomic mass is 9.75. The summed E-state index contributed by atoms with van der Waals surface area (Å²) in [5.41, 5.74) is 0. The maximum atomic E-state index is 5.93. The van der Waals surface area contributed by atoms with E-state index in [1.807, 2.05) is 0 Å². The fourth-order valence-corrected chi connectivity index (χ4v) is 3.75. The Labute approximate surface area is 107 Å². The zero-order chi connectivity index (χ0) is 12.1. The molecular formula is C15H29NO. The Kier molecular flexibility index (Phi) is 5.30. The molecule has 0 radical (unpaired) electrons. The number of likely N-dealkylation sites (N-methyl/N-ethyl adjacent to an activating group) is 1. The largest absolute Gasteiger partial charge is 0.377 e. The SMILES string of the molecule is CCNC(C1CCCC(CC)C1)C1CCCO1. The first-order chi connectivity index (χ1) is 8.35. The Hall–Kier alpha value is -0.0800.